The maximum absolute atomic E-state index is 12.1. The Balaban J connectivity index is 2.31. The van der Waals surface area contributed by atoms with Crippen LogP contribution in [0.2, 0.25) is 0 Å². The van der Waals surface area contributed by atoms with Gasteiger partial charge >= 0.3 is 5.97 Å². The normalized spacial score (nSPS) is 12.0. The monoisotopic (exact) mass is 332 g/mol. The fourth-order valence-electron chi connectivity index (χ4n) is 2.47. The molecule has 0 saturated heterocycles. The second-order valence-corrected chi connectivity index (χ2v) is 7.37. The van der Waals surface area contributed by atoms with E-state index in [0.29, 0.717) is 0 Å². The Morgan fingerprint density at radius 2 is 1.96 bits per heavy atom. The van der Waals surface area contributed by atoms with E-state index in [1.807, 2.05) is 37.5 Å². The van der Waals surface area contributed by atoms with Crippen LogP contribution in [0.3, 0.4) is 0 Å². The van der Waals surface area contributed by atoms with Gasteiger partial charge in [-0.15, -0.1) is 0 Å². The van der Waals surface area contributed by atoms with E-state index in [1.165, 1.54) is 10.9 Å². The summed E-state index contributed by atoms with van der Waals surface area (Å²) in [6.07, 6.45) is 3.01. The minimum atomic E-state index is -0.506. The van der Waals surface area contributed by atoms with Crippen molar-refractivity contribution in [3.05, 3.63) is 30.0 Å². The quantitative estimate of drug-likeness (QED) is 0.761. The average Bonchev–Trinajstić information content (AvgIpc) is 2.86. The molecule has 0 bridgehead atoms. The first-order valence-electron chi connectivity index (χ1n) is 8.20. The molecule has 132 valence electrons. The molecule has 0 aliphatic heterocycles. The highest BCUT2D eigenvalue weighted by molar-refractivity contribution is 5.85. The molecule has 0 spiro atoms. The summed E-state index contributed by atoms with van der Waals surface area (Å²) in [5, 5.41) is 1.17. The number of nitrogens with zero attached hydrogens (tertiary/aromatic N) is 2. The first-order valence-corrected chi connectivity index (χ1v) is 8.20. The summed E-state index contributed by atoms with van der Waals surface area (Å²) in [7, 11) is 5.78. The van der Waals surface area contributed by atoms with Gasteiger partial charge in [0.05, 0.1) is 18.0 Å². The van der Waals surface area contributed by atoms with Crippen molar-refractivity contribution in [3.63, 3.8) is 0 Å². The van der Waals surface area contributed by atoms with Gasteiger partial charge in [-0.25, -0.2) is 0 Å². The smallest absolute Gasteiger partial charge is 0.312 e. The number of fused-ring (bicyclic) bond motifs is 1. The Morgan fingerprint density at radius 1 is 1.25 bits per heavy atom. The lowest BCUT2D eigenvalue weighted by Gasteiger charge is -2.17. The number of rotatable bonds is 6. The summed E-state index contributed by atoms with van der Waals surface area (Å²) in [6.45, 7) is 6.74. The van der Waals surface area contributed by atoms with Gasteiger partial charge in [0.15, 0.2) is 6.73 Å². The number of aromatic nitrogens is 1. The zero-order chi connectivity index (χ0) is 17.9. The third-order valence-corrected chi connectivity index (χ3v) is 3.95. The van der Waals surface area contributed by atoms with E-state index < -0.39 is 5.41 Å². The van der Waals surface area contributed by atoms with Gasteiger partial charge in [0.2, 0.25) is 0 Å². The number of benzene rings is 1. The standard InChI is InChI=1S/C19H28N2O3/c1-19(2,3)18(22)24-13-21-12-14(9-10-20(4)5)16-8-7-15(23-6)11-17(16)21/h7-8,11-12H,9-10,13H2,1-6H3. The summed E-state index contributed by atoms with van der Waals surface area (Å²) in [6, 6.07) is 6.02. The summed E-state index contributed by atoms with van der Waals surface area (Å²) in [5.74, 6) is 0.588. The lowest BCUT2D eigenvalue weighted by Crippen LogP contribution is -2.23. The van der Waals surface area contributed by atoms with Gasteiger partial charge in [-0.3, -0.25) is 4.79 Å². The number of methoxy groups -OCH3 is 1. The van der Waals surface area contributed by atoms with E-state index in [1.54, 1.807) is 7.11 Å². The van der Waals surface area contributed by atoms with Gasteiger partial charge in [-0.1, -0.05) is 0 Å². The highest BCUT2D eigenvalue weighted by Gasteiger charge is 2.23. The van der Waals surface area contributed by atoms with Gasteiger partial charge in [-0.2, -0.15) is 0 Å². The van der Waals surface area contributed by atoms with Crippen LogP contribution in [-0.2, 0) is 22.7 Å². The van der Waals surface area contributed by atoms with Crippen molar-refractivity contribution < 1.29 is 14.3 Å². The summed E-state index contributed by atoms with van der Waals surface area (Å²) in [4.78, 5) is 14.2. The van der Waals surface area contributed by atoms with Gasteiger partial charge in [0, 0.05) is 24.2 Å². The van der Waals surface area contributed by atoms with Gasteiger partial charge in [0.1, 0.15) is 5.75 Å². The molecule has 1 aromatic heterocycles. The first-order chi connectivity index (χ1) is 11.2. The van der Waals surface area contributed by atoms with Crippen molar-refractivity contribution in [2.75, 3.05) is 27.7 Å². The molecular formula is C19H28N2O3. The maximum atomic E-state index is 12.1. The van der Waals surface area contributed by atoms with Crippen LogP contribution >= 0.6 is 0 Å². The Bertz CT molecular complexity index is 711. The van der Waals surface area contributed by atoms with E-state index >= 15 is 0 Å². The Morgan fingerprint density at radius 3 is 2.54 bits per heavy atom. The largest absolute Gasteiger partial charge is 0.497 e. The van der Waals surface area contributed by atoms with Crippen molar-refractivity contribution in [1.29, 1.82) is 0 Å². The molecular weight excluding hydrogens is 304 g/mol. The minimum Gasteiger partial charge on any atom is -0.497 e. The van der Waals surface area contributed by atoms with E-state index in [9.17, 15) is 4.79 Å². The molecule has 1 heterocycles. The lowest BCUT2D eigenvalue weighted by molar-refractivity contribution is -0.156. The molecule has 0 fully saturated rings. The molecule has 0 saturated carbocycles. The number of ether oxygens (including phenoxy) is 2. The molecule has 24 heavy (non-hydrogen) atoms. The van der Waals surface area contributed by atoms with Crippen LogP contribution in [-0.4, -0.2) is 43.2 Å². The second-order valence-electron chi connectivity index (χ2n) is 7.37. The van der Waals surface area contributed by atoms with Crippen LogP contribution in [0.5, 0.6) is 5.75 Å². The molecule has 0 amide bonds. The number of hydrogen-bond donors (Lipinski definition) is 0. The zero-order valence-electron chi connectivity index (χ0n) is 15.5. The van der Waals surface area contributed by atoms with E-state index in [-0.39, 0.29) is 12.7 Å². The zero-order valence-corrected chi connectivity index (χ0v) is 15.5. The van der Waals surface area contributed by atoms with Crippen LogP contribution in [0.15, 0.2) is 24.4 Å². The van der Waals surface area contributed by atoms with Gasteiger partial charge < -0.3 is 18.9 Å². The van der Waals surface area contributed by atoms with E-state index in [4.69, 9.17) is 9.47 Å². The molecule has 5 nitrogen and oxygen atoms in total. The van der Waals surface area contributed by atoms with Gasteiger partial charge in [0.25, 0.3) is 0 Å². The van der Waals surface area contributed by atoms with Gasteiger partial charge in [-0.05, 0) is 59.0 Å². The van der Waals surface area contributed by atoms with E-state index in [0.717, 1.165) is 24.2 Å². The number of carbonyl (C=O) groups is 1. The Kier molecular flexibility index (Phi) is 5.54. The van der Waals surface area contributed by atoms with Crippen molar-refractivity contribution in [2.45, 2.75) is 33.9 Å². The fraction of sp³-hybridized carbons (Fsp3) is 0.526. The molecule has 2 rings (SSSR count). The molecule has 0 aliphatic rings. The number of esters is 1. The van der Waals surface area contributed by atoms with E-state index in [2.05, 4.69) is 31.3 Å². The van der Waals surface area contributed by atoms with Crippen molar-refractivity contribution in [3.8, 4) is 5.75 Å². The predicted molar refractivity (Wildman–Crippen MR) is 96.3 cm³/mol. The van der Waals surface area contributed by atoms with Crippen LogP contribution < -0.4 is 4.74 Å². The Hall–Kier alpha value is -2.01. The SMILES string of the molecule is COc1ccc2c(CCN(C)C)cn(COC(=O)C(C)(C)C)c2c1. The molecule has 0 aliphatic carbocycles. The predicted octanol–water partition coefficient (Wildman–Crippen LogP) is 3.30. The molecule has 0 radical (unpaired) electrons. The maximum Gasteiger partial charge on any atom is 0.312 e. The Labute approximate surface area is 144 Å². The second kappa shape index (κ2) is 7.26. The molecule has 0 N–H and O–H groups in total. The third-order valence-electron chi connectivity index (χ3n) is 3.95. The average molecular weight is 332 g/mol. The minimum absolute atomic E-state index is 0.206. The summed E-state index contributed by atoms with van der Waals surface area (Å²) >= 11 is 0. The molecule has 1 aromatic carbocycles. The first kappa shape index (κ1) is 18.3. The fourth-order valence-corrected chi connectivity index (χ4v) is 2.47. The van der Waals surface area contributed by atoms with Crippen LogP contribution in [0.4, 0.5) is 0 Å². The summed E-state index contributed by atoms with van der Waals surface area (Å²) < 4.78 is 12.8. The third kappa shape index (κ3) is 4.29. The highest BCUT2D eigenvalue weighted by Crippen LogP contribution is 2.27. The molecule has 0 unspecified atom stereocenters. The van der Waals surface area contributed by atoms with Crippen LogP contribution in [0.1, 0.15) is 26.3 Å². The van der Waals surface area contributed by atoms with Crippen molar-refractivity contribution in [2.24, 2.45) is 5.41 Å². The highest BCUT2D eigenvalue weighted by atomic mass is 16.5. The number of likely N-dealkylation sites (N-methyl/N-ethyl adjacent to an activating group) is 1. The molecule has 0 atom stereocenters. The molecule has 5 heteroatoms. The lowest BCUT2D eigenvalue weighted by atomic mass is 9.98. The van der Waals surface area contributed by atoms with Crippen molar-refractivity contribution in [1.82, 2.24) is 9.47 Å². The van der Waals surface area contributed by atoms with Crippen molar-refractivity contribution >= 4 is 16.9 Å². The van der Waals surface area contributed by atoms with Crippen LogP contribution in [0.25, 0.3) is 10.9 Å². The number of hydrogen-bond acceptors (Lipinski definition) is 4. The number of carbonyl (C=O) groups excluding carboxylic acids is 1. The topological polar surface area (TPSA) is 43.7 Å². The van der Waals surface area contributed by atoms with Crippen LogP contribution in [0, 0.1) is 5.41 Å². The molecule has 2 aromatic rings. The summed E-state index contributed by atoms with van der Waals surface area (Å²) in [5.41, 5.74) is 1.76.